The van der Waals surface area contributed by atoms with Crippen molar-refractivity contribution in [2.24, 2.45) is 4.99 Å². The summed E-state index contributed by atoms with van der Waals surface area (Å²) < 4.78 is 18.6. The van der Waals surface area contributed by atoms with Gasteiger partial charge < -0.3 is 15.4 Å². The van der Waals surface area contributed by atoms with Gasteiger partial charge in [0.2, 0.25) is 0 Å². The van der Waals surface area contributed by atoms with Gasteiger partial charge in [0.25, 0.3) is 0 Å². The average molecular weight is 444 g/mol. The zero-order valence-corrected chi connectivity index (χ0v) is 16.1. The van der Waals surface area contributed by atoms with Gasteiger partial charge in [-0.3, -0.25) is 4.98 Å². The number of rotatable bonds is 6. The van der Waals surface area contributed by atoms with Crippen molar-refractivity contribution >= 4 is 29.9 Å². The number of benzene rings is 1. The summed E-state index contributed by atoms with van der Waals surface area (Å²) in [5.74, 6) is 0.513. The Labute approximate surface area is 158 Å². The monoisotopic (exact) mass is 444 g/mol. The fourth-order valence-electron chi connectivity index (χ4n) is 2.00. The number of hydrogen-bond donors (Lipinski definition) is 2. The van der Waals surface area contributed by atoms with E-state index in [0.717, 1.165) is 17.8 Å². The van der Waals surface area contributed by atoms with Gasteiger partial charge in [-0.15, -0.1) is 24.0 Å². The molecule has 0 aliphatic rings. The molecule has 5 nitrogen and oxygen atoms in total. The van der Waals surface area contributed by atoms with Gasteiger partial charge >= 0.3 is 0 Å². The molecule has 1 aromatic carbocycles. The zero-order chi connectivity index (χ0) is 16.5. The molecule has 0 aliphatic carbocycles. The van der Waals surface area contributed by atoms with E-state index in [1.165, 1.54) is 13.2 Å². The van der Waals surface area contributed by atoms with Crippen molar-refractivity contribution in [3.05, 3.63) is 59.7 Å². The molecule has 2 rings (SSSR count). The predicted molar refractivity (Wildman–Crippen MR) is 104 cm³/mol. The Balaban J connectivity index is 0.00000288. The minimum atomic E-state index is -0.383. The van der Waals surface area contributed by atoms with Gasteiger partial charge in [0.15, 0.2) is 17.5 Å². The van der Waals surface area contributed by atoms with E-state index < -0.39 is 0 Å². The highest BCUT2D eigenvalue weighted by molar-refractivity contribution is 14.0. The van der Waals surface area contributed by atoms with Crippen molar-refractivity contribution in [1.29, 1.82) is 0 Å². The third-order valence-corrected chi connectivity index (χ3v) is 3.14. The molecule has 0 saturated heterocycles. The van der Waals surface area contributed by atoms with Crippen LogP contribution in [0.5, 0.6) is 5.75 Å². The van der Waals surface area contributed by atoms with E-state index >= 15 is 0 Å². The second-order valence-corrected chi connectivity index (χ2v) is 4.84. The summed E-state index contributed by atoms with van der Waals surface area (Å²) in [5, 5.41) is 6.36. The highest BCUT2D eigenvalue weighted by Gasteiger charge is 2.04. The van der Waals surface area contributed by atoms with Crippen molar-refractivity contribution in [2.75, 3.05) is 13.7 Å². The summed E-state index contributed by atoms with van der Waals surface area (Å²) in [7, 11) is 1.45. The molecule has 24 heavy (non-hydrogen) atoms. The fourth-order valence-corrected chi connectivity index (χ4v) is 2.00. The van der Waals surface area contributed by atoms with Gasteiger partial charge in [-0.25, -0.2) is 9.38 Å². The van der Waals surface area contributed by atoms with Gasteiger partial charge in [0.05, 0.1) is 25.9 Å². The molecule has 0 atom stereocenters. The number of ether oxygens (including phenoxy) is 1. The van der Waals surface area contributed by atoms with E-state index in [4.69, 9.17) is 4.74 Å². The van der Waals surface area contributed by atoms with Crippen molar-refractivity contribution in [3.63, 3.8) is 0 Å². The lowest BCUT2D eigenvalue weighted by molar-refractivity contribution is 0.386. The summed E-state index contributed by atoms with van der Waals surface area (Å²) >= 11 is 0. The van der Waals surface area contributed by atoms with Gasteiger partial charge in [0.1, 0.15) is 0 Å². The number of hydrogen-bond acceptors (Lipinski definition) is 3. The molecule has 1 aromatic heterocycles. The van der Waals surface area contributed by atoms with Gasteiger partial charge in [-0.1, -0.05) is 12.1 Å². The predicted octanol–water partition coefficient (Wildman–Crippen LogP) is 3.10. The van der Waals surface area contributed by atoms with Crippen LogP contribution in [0.4, 0.5) is 4.39 Å². The highest BCUT2D eigenvalue weighted by Crippen LogP contribution is 2.18. The second-order valence-electron chi connectivity index (χ2n) is 4.84. The largest absolute Gasteiger partial charge is 0.494 e. The maximum Gasteiger partial charge on any atom is 0.191 e. The molecule has 0 unspecified atom stereocenters. The molecule has 0 aliphatic heterocycles. The first-order valence-corrected chi connectivity index (χ1v) is 7.47. The van der Waals surface area contributed by atoms with Crippen LogP contribution in [0.1, 0.15) is 18.2 Å². The van der Waals surface area contributed by atoms with Crippen molar-refractivity contribution in [3.8, 4) is 5.75 Å². The lowest BCUT2D eigenvalue weighted by atomic mass is 10.2. The zero-order valence-electron chi connectivity index (χ0n) is 13.8. The molecule has 0 fully saturated rings. The number of pyridine rings is 1. The average Bonchev–Trinajstić information content (AvgIpc) is 2.58. The maximum absolute atomic E-state index is 13.7. The lowest BCUT2D eigenvalue weighted by Gasteiger charge is -2.11. The number of halogens is 2. The Kier molecular flexibility index (Phi) is 9.06. The van der Waals surface area contributed by atoms with Crippen LogP contribution in [0.2, 0.25) is 0 Å². The van der Waals surface area contributed by atoms with E-state index in [-0.39, 0.29) is 35.5 Å². The molecule has 0 bridgehead atoms. The quantitative estimate of drug-likeness (QED) is 0.409. The number of nitrogens with one attached hydrogen (secondary N) is 2. The Bertz CT molecular complexity index is 652. The van der Waals surface area contributed by atoms with Crippen LogP contribution in [0.15, 0.2) is 47.6 Å². The summed E-state index contributed by atoms with van der Waals surface area (Å²) in [6.07, 6.45) is 1.75. The Hall–Kier alpha value is -1.90. The maximum atomic E-state index is 13.7. The Morgan fingerprint density at radius 3 is 2.71 bits per heavy atom. The van der Waals surface area contributed by atoms with Gasteiger partial charge in [-0.2, -0.15) is 0 Å². The third-order valence-electron chi connectivity index (χ3n) is 3.14. The fraction of sp³-hybridized carbons (Fsp3) is 0.294. The molecule has 0 saturated carbocycles. The number of guanidine groups is 1. The molecule has 0 spiro atoms. The normalized spacial score (nSPS) is 10.7. The SMILES string of the molecule is CCNC(=NCc1ccc(OC)c(F)c1)NCc1ccccn1.I. The van der Waals surface area contributed by atoms with Crippen LogP contribution in [0.25, 0.3) is 0 Å². The molecule has 2 N–H and O–H groups in total. The van der Waals surface area contributed by atoms with Crippen LogP contribution in [0, 0.1) is 5.82 Å². The van der Waals surface area contributed by atoms with Crippen molar-refractivity contribution < 1.29 is 9.13 Å². The highest BCUT2D eigenvalue weighted by atomic mass is 127. The molecule has 0 amide bonds. The topological polar surface area (TPSA) is 58.5 Å². The molecule has 130 valence electrons. The van der Waals surface area contributed by atoms with E-state index in [1.807, 2.05) is 25.1 Å². The molecule has 2 aromatic rings. The molecule has 1 heterocycles. The van der Waals surface area contributed by atoms with Crippen molar-refractivity contribution in [2.45, 2.75) is 20.0 Å². The summed E-state index contributed by atoms with van der Waals surface area (Å²) in [6, 6.07) is 10.6. The van der Waals surface area contributed by atoms with Crippen LogP contribution >= 0.6 is 24.0 Å². The Morgan fingerprint density at radius 1 is 1.25 bits per heavy atom. The van der Waals surface area contributed by atoms with E-state index in [1.54, 1.807) is 18.3 Å². The number of methoxy groups -OCH3 is 1. The van der Waals surface area contributed by atoms with E-state index in [2.05, 4.69) is 20.6 Å². The van der Waals surface area contributed by atoms with Gasteiger partial charge in [0, 0.05) is 12.7 Å². The minimum Gasteiger partial charge on any atom is -0.494 e. The second kappa shape index (κ2) is 10.8. The molecule has 0 radical (unpaired) electrons. The van der Waals surface area contributed by atoms with Gasteiger partial charge in [-0.05, 0) is 36.8 Å². The number of aliphatic imine (C=N–C) groups is 1. The smallest absolute Gasteiger partial charge is 0.191 e. The standard InChI is InChI=1S/C17H21FN4O.HI/c1-3-19-17(22-12-14-6-4-5-9-20-14)21-11-13-7-8-16(23-2)15(18)10-13;/h4-10H,3,11-12H2,1-2H3,(H2,19,21,22);1H. The van der Waals surface area contributed by atoms with Crippen molar-refractivity contribution in [1.82, 2.24) is 15.6 Å². The summed E-state index contributed by atoms with van der Waals surface area (Å²) in [6.45, 7) is 3.68. The van der Waals surface area contributed by atoms with E-state index in [0.29, 0.717) is 19.0 Å². The van der Waals surface area contributed by atoms with Crippen LogP contribution in [-0.4, -0.2) is 24.6 Å². The first-order chi connectivity index (χ1) is 11.2. The molecule has 7 heteroatoms. The first-order valence-electron chi connectivity index (χ1n) is 7.47. The van der Waals surface area contributed by atoms with E-state index in [9.17, 15) is 4.39 Å². The minimum absolute atomic E-state index is 0. The molecular weight excluding hydrogens is 422 g/mol. The Morgan fingerprint density at radius 2 is 2.08 bits per heavy atom. The van der Waals surface area contributed by atoms with Crippen LogP contribution < -0.4 is 15.4 Å². The first kappa shape index (κ1) is 20.1. The van der Waals surface area contributed by atoms with Crippen LogP contribution in [-0.2, 0) is 13.1 Å². The third kappa shape index (κ3) is 6.31. The molecular formula is C17H22FIN4O. The summed E-state index contributed by atoms with van der Waals surface area (Å²) in [4.78, 5) is 8.71. The number of aromatic nitrogens is 1. The summed E-state index contributed by atoms with van der Waals surface area (Å²) in [5.41, 5.74) is 1.70. The number of nitrogens with zero attached hydrogens (tertiary/aromatic N) is 2. The van der Waals surface area contributed by atoms with Crippen LogP contribution in [0.3, 0.4) is 0 Å². The lowest BCUT2D eigenvalue weighted by Crippen LogP contribution is -2.37.